The topological polar surface area (TPSA) is 114 Å². The van der Waals surface area contributed by atoms with E-state index in [1.807, 2.05) is 0 Å². The molecule has 7 heteroatoms. The summed E-state index contributed by atoms with van der Waals surface area (Å²) >= 11 is 0. The van der Waals surface area contributed by atoms with Gasteiger partial charge in [0, 0.05) is 35.8 Å². The Morgan fingerprint density at radius 3 is 3.11 bits per heavy atom. The first-order valence-corrected chi connectivity index (χ1v) is 5.72. The van der Waals surface area contributed by atoms with E-state index in [9.17, 15) is 5.21 Å². The molecule has 3 rings (SSSR count). The molecule has 1 aliphatic heterocycles. The third-order valence-electron chi connectivity index (χ3n) is 3.01. The highest BCUT2D eigenvalue weighted by molar-refractivity contribution is 5.75. The van der Waals surface area contributed by atoms with Crippen molar-refractivity contribution in [1.82, 2.24) is 10.1 Å². The minimum absolute atomic E-state index is 0.187. The molecule has 0 saturated heterocycles. The fraction of sp³-hybridized carbons (Fsp3) is 0.364. The van der Waals surface area contributed by atoms with Crippen LogP contribution in [0.3, 0.4) is 0 Å². The fourth-order valence-corrected chi connectivity index (χ4v) is 2.00. The molecule has 0 aliphatic carbocycles. The number of nitrogens with zero attached hydrogens (tertiary/aromatic N) is 3. The quantitative estimate of drug-likeness (QED) is 0.528. The van der Waals surface area contributed by atoms with Gasteiger partial charge in [-0.05, 0) is 4.85 Å². The molecule has 18 heavy (non-hydrogen) atoms. The predicted octanol–water partition coefficient (Wildman–Crippen LogP) is -0.843. The Bertz CT molecular complexity index is 616. The van der Waals surface area contributed by atoms with E-state index in [-0.39, 0.29) is 12.4 Å². The second kappa shape index (κ2) is 4.04. The lowest BCUT2D eigenvalue weighted by molar-refractivity contribution is -0.644. The molecule has 1 atom stereocenters. The molecule has 0 radical (unpaired) electrons. The smallest absolute Gasteiger partial charge is 0.271 e. The highest BCUT2D eigenvalue weighted by atomic mass is 16.5. The summed E-state index contributed by atoms with van der Waals surface area (Å²) in [5.41, 5.74) is 13.1. The third kappa shape index (κ3) is 1.64. The Labute approximate surface area is 103 Å². The van der Waals surface area contributed by atoms with Crippen LogP contribution in [0.25, 0.3) is 11.0 Å². The van der Waals surface area contributed by atoms with E-state index in [0.717, 1.165) is 17.7 Å². The van der Waals surface area contributed by atoms with Crippen molar-refractivity contribution in [2.45, 2.75) is 12.5 Å². The average Bonchev–Trinajstić information content (AvgIpc) is 2.82. The van der Waals surface area contributed by atoms with E-state index < -0.39 is 6.04 Å². The normalized spacial score (nSPS) is 15.4. The van der Waals surface area contributed by atoms with Crippen LogP contribution in [0.15, 0.2) is 12.1 Å². The van der Waals surface area contributed by atoms with Gasteiger partial charge in [-0.15, -0.1) is 0 Å². The highest BCUT2D eigenvalue weighted by Gasteiger charge is 2.20. The lowest BCUT2D eigenvalue weighted by Gasteiger charge is -2.07. The van der Waals surface area contributed by atoms with Crippen molar-refractivity contribution >= 4 is 11.0 Å². The number of hydrogen-bond acceptors (Lipinski definition) is 6. The van der Waals surface area contributed by atoms with Gasteiger partial charge < -0.3 is 21.4 Å². The minimum atomic E-state index is -0.538. The average molecular weight is 247 g/mol. The van der Waals surface area contributed by atoms with Crippen molar-refractivity contribution < 1.29 is 9.58 Å². The van der Waals surface area contributed by atoms with Crippen molar-refractivity contribution in [3.8, 4) is 5.75 Å². The van der Waals surface area contributed by atoms with Crippen LogP contribution in [0.4, 0.5) is 0 Å². The molecule has 0 amide bonds. The lowest BCUT2D eigenvalue weighted by atomic mass is 10.1. The van der Waals surface area contributed by atoms with Crippen molar-refractivity contribution in [2.24, 2.45) is 11.5 Å². The molecule has 1 aliphatic rings. The largest absolute Gasteiger partial charge is 0.594 e. The highest BCUT2D eigenvalue weighted by Crippen LogP contribution is 2.28. The van der Waals surface area contributed by atoms with Gasteiger partial charge in [0.05, 0.1) is 12.6 Å². The molecule has 2 heterocycles. The van der Waals surface area contributed by atoms with E-state index >= 15 is 0 Å². The molecular weight excluding hydrogens is 234 g/mol. The Morgan fingerprint density at radius 2 is 2.33 bits per heavy atom. The van der Waals surface area contributed by atoms with Gasteiger partial charge in [0.1, 0.15) is 11.3 Å². The summed E-state index contributed by atoms with van der Waals surface area (Å²) in [7, 11) is 0. The standard InChI is InChI=1S/C11H13N5O2/c12-5-7(13)11-14-8-4-10-6(1-2-18-10)3-9(8)16(17)15-11/h3-4,7H,1-2,5,12-13H2. The maximum Gasteiger partial charge on any atom is 0.271 e. The van der Waals surface area contributed by atoms with Gasteiger partial charge in [-0.3, -0.25) is 0 Å². The van der Waals surface area contributed by atoms with Gasteiger partial charge in [0.15, 0.2) is 0 Å². The van der Waals surface area contributed by atoms with Gasteiger partial charge in [-0.1, -0.05) is 0 Å². The Balaban J connectivity index is 2.21. The number of aromatic nitrogens is 3. The maximum atomic E-state index is 11.8. The summed E-state index contributed by atoms with van der Waals surface area (Å²) in [6, 6.07) is 2.98. The molecule has 0 spiro atoms. The van der Waals surface area contributed by atoms with Crippen LogP contribution in [-0.2, 0) is 6.42 Å². The van der Waals surface area contributed by atoms with E-state index in [1.54, 1.807) is 12.1 Å². The molecule has 4 N–H and O–H groups in total. The monoisotopic (exact) mass is 247 g/mol. The Kier molecular flexibility index (Phi) is 2.49. The summed E-state index contributed by atoms with van der Waals surface area (Å²) in [6.45, 7) is 0.820. The first kappa shape index (κ1) is 11.1. The summed E-state index contributed by atoms with van der Waals surface area (Å²) in [5, 5.41) is 15.6. The molecule has 7 nitrogen and oxygen atoms in total. The van der Waals surface area contributed by atoms with Gasteiger partial charge >= 0.3 is 0 Å². The molecule has 0 fully saturated rings. The van der Waals surface area contributed by atoms with Gasteiger partial charge in [-0.25, -0.2) is 4.98 Å². The first-order valence-electron chi connectivity index (χ1n) is 5.72. The summed E-state index contributed by atoms with van der Waals surface area (Å²) in [5.74, 6) is 1.02. The Hall–Kier alpha value is -1.99. The van der Waals surface area contributed by atoms with Crippen LogP contribution in [0.1, 0.15) is 17.4 Å². The van der Waals surface area contributed by atoms with E-state index in [4.69, 9.17) is 16.2 Å². The fourth-order valence-electron chi connectivity index (χ4n) is 2.00. The zero-order chi connectivity index (χ0) is 12.7. The van der Waals surface area contributed by atoms with Crippen molar-refractivity contribution in [2.75, 3.05) is 13.2 Å². The number of nitrogens with two attached hydrogens (primary N) is 2. The van der Waals surface area contributed by atoms with Gasteiger partial charge in [0.2, 0.25) is 5.82 Å². The van der Waals surface area contributed by atoms with Crippen LogP contribution in [0.2, 0.25) is 0 Å². The van der Waals surface area contributed by atoms with Crippen LogP contribution >= 0.6 is 0 Å². The van der Waals surface area contributed by atoms with Gasteiger partial charge in [0.25, 0.3) is 5.52 Å². The molecule has 1 aromatic carbocycles. The molecular formula is C11H13N5O2. The number of rotatable bonds is 2. The second-order valence-electron chi connectivity index (χ2n) is 4.23. The van der Waals surface area contributed by atoms with Crippen molar-refractivity contribution in [1.29, 1.82) is 0 Å². The van der Waals surface area contributed by atoms with Crippen LogP contribution in [-0.4, -0.2) is 23.2 Å². The molecule has 0 bridgehead atoms. The zero-order valence-electron chi connectivity index (χ0n) is 9.67. The van der Waals surface area contributed by atoms with Crippen molar-refractivity contribution in [3.05, 3.63) is 28.7 Å². The minimum Gasteiger partial charge on any atom is -0.594 e. The summed E-state index contributed by atoms with van der Waals surface area (Å²) in [4.78, 5) is 4.81. The number of fused-ring (bicyclic) bond motifs is 2. The van der Waals surface area contributed by atoms with Crippen LogP contribution in [0, 0.1) is 5.21 Å². The van der Waals surface area contributed by atoms with E-state index in [0.29, 0.717) is 22.5 Å². The van der Waals surface area contributed by atoms with Crippen LogP contribution < -0.4 is 21.0 Å². The number of benzene rings is 1. The van der Waals surface area contributed by atoms with Gasteiger partial charge in [-0.2, -0.15) is 0 Å². The third-order valence-corrected chi connectivity index (χ3v) is 3.01. The Morgan fingerprint density at radius 1 is 1.50 bits per heavy atom. The second-order valence-corrected chi connectivity index (χ2v) is 4.23. The van der Waals surface area contributed by atoms with E-state index in [1.165, 1.54) is 0 Å². The summed E-state index contributed by atoms with van der Waals surface area (Å²) in [6.07, 6.45) is 0.801. The lowest BCUT2D eigenvalue weighted by Crippen LogP contribution is -2.37. The molecule has 0 saturated carbocycles. The molecule has 94 valence electrons. The maximum absolute atomic E-state index is 11.8. The number of ether oxygens (including phenoxy) is 1. The summed E-state index contributed by atoms with van der Waals surface area (Å²) < 4.78 is 5.45. The van der Waals surface area contributed by atoms with Crippen molar-refractivity contribution in [3.63, 3.8) is 0 Å². The molecule has 1 aromatic heterocycles. The molecule has 1 unspecified atom stereocenters. The van der Waals surface area contributed by atoms with Crippen LogP contribution in [0.5, 0.6) is 5.75 Å². The van der Waals surface area contributed by atoms with E-state index in [2.05, 4.69) is 10.1 Å². The zero-order valence-corrected chi connectivity index (χ0v) is 9.67. The molecule has 2 aromatic rings. The number of hydrogen-bond donors (Lipinski definition) is 2. The first-order chi connectivity index (χ1) is 8.69. The predicted molar refractivity (Wildman–Crippen MR) is 63.7 cm³/mol. The SMILES string of the molecule is NCC(N)c1nc2cc3c(cc2[n+]([O-])n1)CCO3.